The molecule has 0 aliphatic heterocycles. The third-order valence-electron chi connectivity index (χ3n) is 3.07. The molecular formula is C12H12N2O3S. The second-order valence-corrected chi connectivity index (χ2v) is 5.41. The van der Waals surface area contributed by atoms with E-state index in [1.54, 1.807) is 11.4 Å². The smallest absolute Gasteiger partial charge is 0.265 e. The van der Waals surface area contributed by atoms with E-state index in [0.29, 0.717) is 22.7 Å². The van der Waals surface area contributed by atoms with Crippen molar-refractivity contribution in [3.8, 4) is 5.75 Å². The summed E-state index contributed by atoms with van der Waals surface area (Å²) in [7, 11) is 0. The van der Waals surface area contributed by atoms with Gasteiger partial charge in [0.05, 0.1) is 10.2 Å². The van der Waals surface area contributed by atoms with E-state index in [-0.39, 0.29) is 11.3 Å². The Bertz CT molecular complexity index is 670. The standard InChI is InChI=1S/C12H12N2O3S/c15-9-8(11(16)13-5-6-1-2-6)12(17)14-7-3-4-18-10(7)9/h3-4,6H,1-2,5H2,(H,13,16)(H2,14,15,17). The first-order valence-corrected chi connectivity index (χ1v) is 6.65. The summed E-state index contributed by atoms with van der Waals surface area (Å²) in [5.41, 5.74) is -0.182. The number of H-pyrrole nitrogens is 1. The Morgan fingerprint density at radius 3 is 3.06 bits per heavy atom. The van der Waals surface area contributed by atoms with Crippen LogP contribution in [0.3, 0.4) is 0 Å². The minimum absolute atomic E-state index is 0.189. The Kier molecular flexibility index (Phi) is 2.59. The Hall–Kier alpha value is -1.82. The molecule has 1 fully saturated rings. The van der Waals surface area contributed by atoms with Gasteiger partial charge in [0, 0.05) is 6.54 Å². The maximum Gasteiger partial charge on any atom is 0.265 e. The van der Waals surface area contributed by atoms with Crippen LogP contribution in [0.1, 0.15) is 23.2 Å². The van der Waals surface area contributed by atoms with Gasteiger partial charge in [0.15, 0.2) is 5.75 Å². The number of aromatic hydroxyl groups is 1. The number of nitrogens with one attached hydrogen (secondary N) is 2. The van der Waals surface area contributed by atoms with E-state index in [0.717, 1.165) is 12.8 Å². The number of rotatable bonds is 3. The van der Waals surface area contributed by atoms with Crippen LogP contribution in [-0.4, -0.2) is 22.5 Å². The lowest BCUT2D eigenvalue weighted by molar-refractivity contribution is 0.0948. The van der Waals surface area contributed by atoms with Gasteiger partial charge >= 0.3 is 0 Å². The molecular weight excluding hydrogens is 252 g/mol. The van der Waals surface area contributed by atoms with Crippen molar-refractivity contribution in [3.63, 3.8) is 0 Å². The molecule has 0 atom stereocenters. The van der Waals surface area contributed by atoms with E-state index in [9.17, 15) is 14.7 Å². The van der Waals surface area contributed by atoms with Crippen LogP contribution in [0.2, 0.25) is 0 Å². The lowest BCUT2D eigenvalue weighted by Gasteiger charge is -2.05. The molecule has 0 aromatic carbocycles. The number of carbonyl (C=O) groups excluding carboxylic acids is 1. The first-order chi connectivity index (χ1) is 8.66. The summed E-state index contributed by atoms with van der Waals surface area (Å²) in [5, 5.41) is 14.4. The fourth-order valence-corrected chi connectivity index (χ4v) is 2.65. The van der Waals surface area contributed by atoms with Crippen molar-refractivity contribution in [2.24, 2.45) is 5.92 Å². The molecule has 1 amide bonds. The third kappa shape index (κ3) is 1.88. The highest BCUT2D eigenvalue weighted by Gasteiger charge is 2.24. The number of hydrogen-bond donors (Lipinski definition) is 3. The summed E-state index contributed by atoms with van der Waals surface area (Å²) >= 11 is 1.29. The van der Waals surface area contributed by atoms with E-state index in [1.165, 1.54) is 11.3 Å². The molecule has 0 spiro atoms. The maximum atomic E-state index is 11.9. The minimum Gasteiger partial charge on any atom is -0.505 e. The summed E-state index contributed by atoms with van der Waals surface area (Å²) in [4.78, 5) is 26.3. The fourth-order valence-electron chi connectivity index (χ4n) is 1.86. The summed E-state index contributed by atoms with van der Waals surface area (Å²) in [6.45, 7) is 0.570. The van der Waals surface area contributed by atoms with E-state index in [2.05, 4.69) is 10.3 Å². The van der Waals surface area contributed by atoms with E-state index >= 15 is 0 Å². The number of amides is 1. The van der Waals surface area contributed by atoms with E-state index in [4.69, 9.17) is 0 Å². The highest BCUT2D eigenvalue weighted by atomic mass is 32.1. The van der Waals surface area contributed by atoms with Crippen LogP contribution in [0, 0.1) is 5.92 Å². The molecule has 3 N–H and O–H groups in total. The molecule has 1 aliphatic carbocycles. The molecule has 18 heavy (non-hydrogen) atoms. The van der Waals surface area contributed by atoms with Gasteiger partial charge in [-0.25, -0.2) is 0 Å². The summed E-state index contributed by atoms with van der Waals surface area (Å²) in [6.07, 6.45) is 2.24. The molecule has 3 rings (SSSR count). The third-order valence-corrected chi connectivity index (χ3v) is 3.99. The Morgan fingerprint density at radius 2 is 2.33 bits per heavy atom. The zero-order valence-corrected chi connectivity index (χ0v) is 10.3. The Balaban J connectivity index is 1.98. The first kappa shape index (κ1) is 11.3. The van der Waals surface area contributed by atoms with Gasteiger partial charge in [-0.15, -0.1) is 11.3 Å². The zero-order valence-electron chi connectivity index (χ0n) is 9.53. The quantitative estimate of drug-likeness (QED) is 0.784. The first-order valence-electron chi connectivity index (χ1n) is 5.77. The molecule has 1 saturated carbocycles. The molecule has 0 bridgehead atoms. The van der Waals surface area contributed by atoms with Crippen LogP contribution in [0.25, 0.3) is 10.2 Å². The second kappa shape index (κ2) is 4.13. The highest BCUT2D eigenvalue weighted by molar-refractivity contribution is 7.17. The number of pyridine rings is 1. The normalized spacial score (nSPS) is 14.9. The predicted octanol–water partition coefficient (Wildman–Crippen LogP) is 1.43. The van der Waals surface area contributed by atoms with Crippen LogP contribution in [0.5, 0.6) is 5.75 Å². The number of aromatic nitrogens is 1. The van der Waals surface area contributed by atoms with Crippen molar-refractivity contribution in [3.05, 3.63) is 27.4 Å². The van der Waals surface area contributed by atoms with Crippen molar-refractivity contribution < 1.29 is 9.90 Å². The monoisotopic (exact) mass is 264 g/mol. The van der Waals surface area contributed by atoms with Gasteiger partial charge in [-0.05, 0) is 30.2 Å². The number of aromatic amines is 1. The summed E-state index contributed by atoms with van der Waals surface area (Å²) in [6, 6.07) is 1.70. The lowest BCUT2D eigenvalue weighted by atomic mass is 10.2. The van der Waals surface area contributed by atoms with Gasteiger partial charge in [0.25, 0.3) is 11.5 Å². The van der Waals surface area contributed by atoms with Gasteiger partial charge in [0.2, 0.25) is 0 Å². The van der Waals surface area contributed by atoms with Crippen molar-refractivity contribution in [1.29, 1.82) is 0 Å². The van der Waals surface area contributed by atoms with Gasteiger partial charge in [0.1, 0.15) is 5.56 Å². The van der Waals surface area contributed by atoms with Crippen molar-refractivity contribution >= 4 is 27.5 Å². The van der Waals surface area contributed by atoms with E-state index in [1.807, 2.05) is 0 Å². The number of fused-ring (bicyclic) bond motifs is 1. The molecule has 0 radical (unpaired) electrons. The maximum absolute atomic E-state index is 11.9. The molecule has 2 aromatic heterocycles. The van der Waals surface area contributed by atoms with Gasteiger partial charge in [-0.2, -0.15) is 0 Å². The van der Waals surface area contributed by atoms with Crippen LogP contribution in [0.15, 0.2) is 16.2 Å². The van der Waals surface area contributed by atoms with Crippen LogP contribution < -0.4 is 10.9 Å². The van der Waals surface area contributed by atoms with Crippen LogP contribution >= 0.6 is 11.3 Å². The lowest BCUT2D eigenvalue weighted by Crippen LogP contribution is -2.31. The van der Waals surface area contributed by atoms with Crippen molar-refractivity contribution in [1.82, 2.24) is 10.3 Å². The Labute approximate surface area is 106 Å². The molecule has 6 heteroatoms. The Morgan fingerprint density at radius 1 is 1.56 bits per heavy atom. The minimum atomic E-state index is -0.549. The topological polar surface area (TPSA) is 82.2 Å². The second-order valence-electron chi connectivity index (χ2n) is 4.49. The average molecular weight is 264 g/mol. The van der Waals surface area contributed by atoms with Crippen molar-refractivity contribution in [2.75, 3.05) is 6.54 Å². The molecule has 1 aliphatic rings. The zero-order chi connectivity index (χ0) is 12.7. The van der Waals surface area contributed by atoms with Crippen LogP contribution in [0.4, 0.5) is 0 Å². The molecule has 94 valence electrons. The summed E-state index contributed by atoms with van der Waals surface area (Å²) in [5.74, 6) is -0.200. The number of thiophene rings is 1. The molecule has 5 nitrogen and oxygen atoms in total. The molecule has 0 saturated heterocycles. The number of carbonyl (C=O) groups is 1. The summed E-state index contributed by atoms with van der Waals surface area (Å²) < 4.78 is 0.533. The van der Waals surface area contributed by atoms with Crippen molar-refractivity contribution in [2.45, 2.75) is 12.8 Å². The van der Waals surface area contributed by atoms with E-state index < -0.39 is 11.5 Å². The number of hydrogen-bond acceptors (Lipinski definition) is 4. The predicted molar refractivity (Wildman–Crippen MR) is 69.2 cm³/mol. The molecule has 2 heterocycles. The molecule has 2 aromatic rings. The average Bonchev–Trinajstić information content (AvgIpc) is 3.04. The van der Waals surface area contributed by atoms with Gasteiger partial charge in [-0.3, -0.25) is 9.59 Å². The van der Waals surface area contributed by atoms with Crippen LogP contribution in [-0.2, 0) is 0 Å². The highest BCUT2D eigenvalue weighted by Crippen LogP contribution is 2.30. The largest absolute Gasteiger partial charge is 0.505 e. The fraction of sp³-hybridized carbons (Fsp3) is 0.333. The van der Waals surface area contributed by atoms with Gasteiger partial charge < -0.3 is 15.4 Å². The SMILES string of the molecule is O=C(NCC1CC1)c1c(O)c2sccc2[nH]c1=O. The molecule has 0 unspecified atom stereocenters. The van der Waals surface area contributed by atoms with Gasteiger partial charge in [-0.1, -0.05) is 0 Å².